The molecule has 0 unspecified atom stereocenters. The number of hydrogen-bond acceptors (Lipinski definition) is 4. The molecule has 0 atom stereocenters. The SMILES string of the molecule is CCc1cc(-c2nc(C(=O)O)c(C)o2)n(CC)n1. The fraction of sp³-hybridized carbons (Fsp3) is 0.417. The molecule has 2 rings (SSSR count). The van der Waals surface area contributed by atoms with Gasteiger partial charge < -0.3 is 9.52 Å². The molecule has 0 aliphatic carbocycles. The third-order valence-electron chi connectivity index (χ3n) is 2.71. The Morgan fingerprint density at radius 2 is 2.22 bits per heavy atom. The second-order valence-electron chi connectivity index (χ2n) is 3.92. The summed E-state index contributed by atoms with van der Waals surface area (Å²) in [6.07, 6.45) is 0.811. The maximum atomic E-state index is 10.9. The van der Waals surface area contributed by atoms with Crippen molar-refractivity contribution in [2.24, 2.45) is 0 Å². The number of aromatic nitrogens is 3. The van der Waals surface area contributed by atoms with Crippen LogP contribution in [0.4, 0.5) is 0 Å². The topological polar surface area (TPSA) is 81.1 Å². The highest BCUT2D eigenvalue weighted by molar-refractivity contribution is 5.86. The van der Waals surface area contributed by atoms with Gasteiger partial charge in [-0.3, -0.25) is 4.68 Å². The summed E-state index contributed by atoms with van der Waals surface area (Å²) in [5, 5.41) is 13.3. The Kier molecular flexibility index (Phi) is 3.18. The van der Waals surface area contributed by atoms with Crippen LogP contribution in [0.25, 0.3) is 11.6 Å². The van der Waals surface area contributed by atoms with E-state index in [1.54, 1.807) is 11.6 Å². The third kappa shape index (κ3) is 2.01. The van der Waals surface area contributed by atoms with E-state index in [1.165, 1.54) is 0 Å². The summed E-state index contributed by atoms with van der Waals surface area (Å²) in [6.45, 7) is 6.24. The average molecular weight is 249 g/mol. The van der Waals surface area contributed by atoms with E-state index in [0.29, 0.717) is 23.9 Å². The molecule has 0 saturated heterocycles. The summed E-state index contributed by atoms with van der Waals surface area (Å²) in [5.41, 5.74) is 1.59. The number of rotatable bonds is 4. The highest BCUT2D eigenvalue weighted by Crippen LogP contribution is 2.23. The third-order valence-corrected chi connectivity index (χ3v) is 2.71. The zero-order valence-electron chi connectivity index (χ0n) is 10.6. The number of oxazole rings is 1. The Bertz CT molecular complexity index is 583. The van der Waals surface area contributed by atoms with Crippen LogP contribution in [0.3, 0.4) is 0 Å². The average Bonchev–Trinajstić information content (AvgIpc) is 2.91. The Labute approximate surface area is 104 Å². The Morgan fingerprint density at radius 3 is 2.72 bits per heavy atom. The number of carboxylic acids is 1. The first kappa shape index (κ1) is 12.3. The zero-order chi connectivity index (χ0) is 13.3. The monoisotopic (exact) mass is 249 g/mol. The van der Waals surface area contributed by atoms with Gasteiger partial charge in [0.05, 0.1) is 5.69 Å². The molecular weight excluding hydrogens is 234 g/mol. The normalized spacial score (nSPS) is 10.8. The Hall–Kier alpha value is -2.11. The van der Waals surface area contributed by atoms with Crippen molar-refractivity contribution in [3.63, 3.8) is 0 Å². The molecule has 6 heteroatoms. The van der Waals surface area contributed by atoms with Crippen LogP contribution in [0.1, 0.15) is 35.8 Å². The Morgan fingerprint density at radius 1 is 1.50 bits per heavy atom. The van der Waals surface area contributed by atoms with Crippen LogP contribution in [0.15, 0.2) is 10.5 Å². The van der Waals surface area contributed by atoms with Gasteiger partial charge in [0.1, 0.15) is 11.5 Å². The smallest absolute Gasteiger partial charge is 0.358 e. The van der Waals surface area contributed by atoms with E-state index < -0.39 is 5.97 Å². The van der Waals surface area contributed by atoms with Gasteiger partial charge in [-0.05, 0) is 26.3 Å². The lowest BCUT2D eigenvalue weighted by atomic mass is 10.3. The fourth-order valence-corrected chi connectivity index (χ4v) is 1.76. The highest BCUT2D eigenvalue weighted by Gasteiger charge is 2.20. The minimum absolute atomic E-state index is 0.0492. The lowest BCUT2D eigenvalue weighted by molar-refractivity contribution is 0.0689. The summed E-state index contributed by atoms with van der Waals surface area (Å²) in [4.78, 5) is 14.9. The van der Waals surface area contributed by atoms with Crippen LogP contribution < -0.4 is 0 Å². The van der Waals surface area contributed by atoms with E-state index in [0.717, 1.165) is 12.1 Å². The molecule has 2 aromatic heterocycles. The summed E-state index contributed by atoms with van der Waals surface area (Å²) in [6, 6.07) is 1.88. The van der Waals surface area contributed by atoms with Gasteiger partial charge in [0.2, 0.25) is 5.89 Å². The van der Waals surface area contributed by atoms with E-state index in [1.807, 2.05) is 19.9 Å². The van der Waals surface area contributed by atoms with Crippen molar-refractivity contribution in [3.05, 3.63) is 23.2 Å². The zero-order valence-corrected chi connectivity index (χ0v) is 10.6. The first-order valence-corrected chi connectivity index (χ1v) is 5.84. The molecule has 0 aromatic carbocycles. The molecule has 1 N–H and O–H groups in total. The van der Waals surface area contributed by atoms with Crippen LogP contribution in [0.5, 0.6) is 0 Å². The predicted octanol–water partition coefficient (Wildman–Crippen LogP) is 2.13. The maximum Gasteiger partial charge on any atom is 0.358 e. The van der Waals surface area contributed by atoms with E-state index in [2.05, 4.69) is 10.1 Å². The summed E-state index contributed by atoms with van der Waals surface area (Å²) in [5.74, 6) is -0.473. The van der Waals surface area contributed by atoms with Gasteiger partial charge in [0.25, 0.3) is 0 Å². The lowest BCUT2D eigenvalue weighted by Crippen LogP contribution is -2.01. The van der Waals surface area contributed by atoms with Crippen LogP contribution >= 0.6 is 0 Å². The summed E-state index contributed by atoms with van der Waals surface area (Å²) < 4.78 is 7.17. The van der Waals surface area contributed by atoms with Gasteiger partial charge in [0, 0.05) is 6.54 Å². The van der Waals surface area contributed by atoms with E-state index >= 15 is 0 Å². The molecule has 0 bridgehead atoms. The van der Waals surface area contributed by atoms with Gasteiger partial charge >= 0.3 is 5.97 Å². The maximum absolute atomic E-state index is 10.9. The summed E-state index contributed by atoms with van der Waals surface area (Å²) >= 11 is 0. The minimum Gasteiger partial charge on any atom is -0.476 e. The van der Waals surface area contributed by atoms with Gasteiger partial charge in [-0.25, -0.2) is 9.78 Å². The molecule has 0 spiro atoms. The fourth-order valence-electron chi connectivity index (χ4n) is 1.76. The molecular formula is C12H15N3O3. The van der Waals surface area contributed by atoms with Crippen molar-refractivity contribution < 1.29 is 14.3 Å². The van der Waals surface area contributed by atoms with Crippen LogP contribution in [-0.2, 0) is 13.0 Å². The molecule has 96 valence electrons. The molecule has 0 aliphatic heterocycles. The van der Waals surface area contributed by atoms with Crippen molar-refractivity contribution in [1.82, 2.24) is 14.8 Å². The molecule has 0 fully saturated rings. The number of nitrogens with zero attached hydrogens (tertiary/aromatic N) is 3. The lowest BCUT2D eigenvalue weighted by Gasteiger charge is -1.98. The number of carbonyl (C=O) groups is 1. The molecule has 18 heavy (non-hydrogen) atoms. The molecule has 0 amide bonds. The van der Waals surface area contributed by atoms with E-state index in [9.17, 15) is 4.79 Å². The van der Waals surface area contributed by atoms with Crippen LogP contribution in [-0.4, -0.2) is 25.8 Å². The quantitative estimate of drug-likeness (QED) is 0.897. The molecule has 6 nitrogen and oxygen atoms in total. The molecule has 0 saturated carbocycles. The first-order chi connectivity index (χ1) is 8.56. The van der Waals surface area contributed by atoms with Gasteiger partial charge in [-0.2, -0.15) is 5.10 Å². The van der Waals surface area contributed by atoms with Crippen LogP contribution in [0.2, 0.25) is 0 Å². The van der Waals surface area contributed by atoms with Gasteiger partial charge in [-0.15, -0.1) is 0 Å². The first-order valence-electron chi connectivity index (χ1n) is 5.84. The Balaban J connectivity index is 2.51. The number of carboxylic acid groups (broad SMARTS) is 1. The van der Waals surface area contributed by atoms with Gasteiger partial charge in [-0.1, -0.05) is 6.92 Å². The molecule has 2 heterocycles. The van der Waals surface area contributed by atoms with Crippen molar-refractivity contribution >= 4 is 5.97 Å². The van der Waals surface area contributed by atoms with Crippen LogP contribution in [0, 0.1) is 6.92 Å². The molecule has 2 aromatic rings. The number of aryl methyl sites for hydroxylation is 3. The molecule has 0 radical (unpaired) electrons. The van der Waals surface area contributed by atoms with Gasteiger partial charge in [0.15, 0.2) is 5.69 Å². The van der Waals surface area contributed by atoms with Crippen molar-refractivity contribution in [3.8, 4) is 11.6 Å². The minimum atomic E-state index is -1.08. The van der Waals surface area contributed by atoms with Crippen molar-refractivity contribution in [2.45, 2.75) is 33.7 Å². The van der Waals surface area contributed by atoms with Crippen molar-refractivity contribution in [2.75, 3.05) is 0 Å². The standard InChI is InChI=1S/C12H15N3O3/c1-4-8-6-9(15(5-2)14-8)11-13-10(12(16)17)7(3)18-11/h6H,4-5H2,1-3H3,(H,16,17). The highest BCUT2D eigenvalue weighted by atomic mass is 16.4. The van der Waals surface area contributed by atoms with E-state index in [4.69, 9.17) is 9.52 Å². The summed E-state index contributed by atoms with van der Waals surface area (Å²) in [7, 11) is 0. The van der Waals surface area contributed by atoms with E-state index in [-0.39, 0.29) is 5.69 Å². The molecule has 0 aliphatic rings. The number of hydrogen-bond donors (Lipinski definition) is 1. The largest absolute Gasteiger partial charge is 0.476 e. The second-order valence-corrected chi connectivity index (χ2v) is 3.92. The van der Waals surface area contributed by atoms with Crippen molar-refractivity contribution in [1.29, 1.82) is 0 Å². The predicted molar refractivity (Wildman–Crippen MR) is 64.5 cm³/mol. The number of aromatic carboxylic acids is 1. The second kappa shape index (κ2) is 4.64.